The first-order valence-electron chi connectivity index (χ1n) is 7.53. The van der Waals surface area contributed by atoms with E-state index in [9.17, 15) is 4.79 Å². The van der Waals surface area contributed by atoms with Crippen molar-refractivity contribution in [1.29, 1.82) is 0 Å². The highest BCUT2D eigenvalue weighted by Crippen LogP contribution is 2.30. The van der Waals surface area contributed by atoms with Crippen LogP contribution in [0.4, 0.5) is 0 Å². The summed E-state index contributed by atoms with van der Waals surface area (Å²) in [6.45, 7) is 1.96. The normalized spacial score (nSPS) is 16.3. The van der Waals surface area contributed by atoms with Crippen LogP contribution in [0.1, 0.15) is 48.2 Å². The number of amides is 1. The quantitative estimate of drug-likeness (QED) is 0.771. The lowest BCUT2D eigenvalue weighted by atomic mass is 9.94. The number of fused-ring (bicyclic) bond motifs is 1. The lowest BCUT2D eigenvalue weighted by molar-refractivity contribution is 0.0665. The van der Waals surface area contributed by atoms with E-state index in [1.165, 1.54) is 19.3 Å². The monoisotopic (exact) mass is 349 g/mol. The predicted molar refractivity (Wildman–Crippen MR) is 87.6 cm³/mol. The zero-order valence-corrected chi connectivity index (χ0v) is 14.1. The Hall–Kier alpha value is -1.29. The molecule has 3 rings (SSSR count). The van der Waals surface area contributed by atoms with Crippen LogP contribution in [0.25, 0.3) is 11.0 Å². The maximum atomic E-state index is 12.7. The van der Waals surface area contributed by atoms with Crippen LogP contribution in [-0.2, 0) is 0 Å². The Morgan fingerprint density at radius 3 is 2.71 bits per heavy atom. The van der Waals surface area contributed by atoms with Gasteiger partial charge in [-0.25, -0.2) is 0 Å². The maximum Gasteiger partial charge on any atom is 0.289 e. The van der Waals surface area contributed by atoms with Crippen LogP contribution < -0.4 is 0 Å². The van der Waals surface area contributed by atoms with E-state index < -0.39 is 0 Å². The highest BCUT2D eigenvalue weighted by Gasteiger charge is 2.27. The van der Waals surface area contributed by atoms with E-state index in [1.54, 1.807) is 0 Å². The molecule has 0 atom stereocenters. The molecule has 1 aromatic carbocycles. The van der Waals surface area contributed by atoms with Crippen LogP contribution in [-0.4, -0.2) is 23.9 Å². The van der Waals surface area contributed by atoms with Gasteiger partial charge in [0.05, 0.1) is 0 Å². The third-order valence-corrected chi connectivity index (χ3v) is 5.03. The molecule has 0 N–H and O–H groups in total. The molecule has 0 unspecified atom stereocenters. The van der Waals surface area contributed by atoms with Gasteiger partial charge < -0.3 is 9.32 Å². The van der Waals surface area contributed by atoms with E-state index in [-0.39, 0.29) is 5.91 Å². The van der Waals surface area contributed by atoms with Gasteiger partial charge in [0.15, 0.2) is 5.76 Å². The highest BCUT2D eigenvalue weighted by atomic mass is 79.9. The number of carbonyl (C=O) groups is 1. The fourth-order valence-corrected chi connectivity index (χ4v) is 3.55. The van der Waals surface area contributed by atoms with E-state index in [4.69, 9.17) is 4.42 Å². The summed E-state index contributed by atoms with van der Waals surface area (Å²) in [6.07, 6.45) is 5.93. The number of halogens is 1. The van der Waals surface area contributed by atoms with Gasteiger partial charge >= 0.3 is 0 Å². The van der Waals surface area contributed by atoms with E-state index in [0.717, 1.165) is 33.8 Å². The number of hydrogen-bond donors (Lipinski definition) is 0. The van der Waals surface area contributed by atoms with Gasteiger partial charge in [0.25, 0.3) is 5.91 Å². The van der Waals surface area contributed by atoms with Crippen molar-refractivity contribution in [3.8, 4) is 0 Å². The summed E-state index contributed by atoms with van der Waals surface area (Å²) in [4.78, 5) is 14.6. The third-order valence-electron chi connectivity index (χ3n) is 4.54. The molecule has 4 heteroatoms. The van der Waals surface area contributed by atoms with Crippen LogP contribution in [0, 0.1) is 6.92 Å². The molecular weight excluding hydrogens is 330 g/mol. The summed E-state index contributed by atoms with van der Waals surface area (Å²) in [5.41, 5.74) is 1.70. The Morgan fingerprint density at radius 1 is 1.29 bits per heavy atom. The second-order valence-corrected chi connectivity index (χ2v) is 6.82. The van der Waals surface area contributed by atoms with Gasteiger partial charge in [0.2, 0.25) is 0 Å². The fourth-order valence-electron chi connectivity index (χ4n) is 3.19. The molecular formula is C17H20BrNO2. The first-order chi connectivity index (χ1) is 10.1. The Bertz CT molecular complexity index is 671. The largest absolute Gasteiger partial charge is 0.451 e. The van der Waals surface area contributed by atoms with Crippen molar-refractivity contribution >= 4 is 32.8 Å². The second kappa shape index (κ2) is 5.84. The van der Waals surface area contributed by atoms with Crippen molar-refractivity contribution in [3.63, 3.8) is 0 Å². The molecule has 1 heterocycles. The highest BCUT2D eigenvalue weighted by molar-refractivity contribution is 9.10. The fraction of sp³-hybridized carbons (Fsp3) is 0.471. The standard InChI is InChI=1S/C17H20BrNO2/c1-11-14-10-12(18)8-9-15(14)21-16(11)17(20)19(2)13-6-4-3-5-7-13/h8-10,13H,3-7H2,1-2H3. The lowest BCUT2D eigenvalue weighted by Gasteiger charge is -2.30. The van der Waals surface area contributed by atoms with Crippen LogP contribution in [0.5, 0.6) is 0 Å². The molecule has 3 nitrogen and oxygen atoms in total. The summed E-state index contributed by atoms with van der Waals surface area (Å²) in [6, 6.07) is 6.20. The Morgan fingerprint density at radius 2 is 2.00 bits per heavy atom. The molecule has 1 aromatic heterocycles. The molecule has 0 bridgehead atoms. The van der Waals surface area contributed by atoms with Gasteiger partial charge in [-0.05, 0) is 38.0 Å². The zero-order chi connectivity index (χ0) is 15.0. The number of aryl methyl sites for hydroxylation is 1. The molecule has 21 heavy (non-hydrogen) atoms. The molecule has 2 aromatic rings. The van der Waals surface area contributed by atoms with Crippen molar-refractivity contribution in [1.82, 2.24) is 4.90 Å². The molecule has 0 saturated heterocycles. The average Bonchev–Trinajstić information content (AvgIpc) is 2.83. The number of hydrogen-bond acceptors (Lipinski definition) is 2. The van der Waals surface area contributed by atoms with Gasteiger partial charge in [-0.2, -0.15) is 0 Å². The summed E-state index contributed by atoms with van der Waals surface area (Å²) >= 11 is 3.47. The first kappa shape index (κ1) is 14.6. The van der Waals surface area contributed by atoms with Crippen molar-refractivity contribution in [3.05, 3.63) is 34.0 Å². The molecule has 1 aliphatic rings. The molecule has 1 saturated carbocycles. The summed E-state index contributed by atoms with van der Waals surface area (Å²) in [5.74, 6) is 0.489. The number of rotatable bonds is 2. The minimum atomic E-state index is 0.00622. The lowest BCUT2D eigenvalue weighted by Crippen LogP contribution is -2.38. The van der Waals surface area contributed by atoms with Gasteiger partial charge in [0.1, 0.15) is 5.58 Å². The Labute approximate surface area is 133 Å². The Kier molecular flexibility index (Phi) is 4.07. The molecule has 112 valence electrons. The molecule has 1 fully saturated rings. The smallest absolute Gasteiger partial charge is 0.289 e. The summed E-state index contributed by atoms with van der Waals surface area (Å²) < 4.78 is 6.81. The topological polar surface area (TPSA) is 33.5 Å². The molecule has 0 radical (unpaired) electrons. The molecule has 1 aliphatic carbocycles. The van der Waals surface area contributed by atoms with Crippen molar-refractivity contribution in [2.75, 3.05) is 7.05 Å². The number of benzene rings is 1. The minimum absolute atomic E-state index is 0.00622. The Balaban J connectivity index is 1.92. The zero-order valence-electron chi connectivity index (χ0n) is 12.5. The first-order valence-corrected chi connectivity index (χ1v) is 8.33. The molecule has 1 amide bonds. The van der Waals surface area contributed by atoms with Gasteiger partial charge in [-0.15, -0.1) is 0 Å². The summed E-state index contributed by atoms with van der Waals surface area (Å²) in [5, 5.41) is 1.00. The number of carbonyl (C=O) groups excluding carboxylic acids is 1. The van der Waals surface area contributed by atoms with E-state index in [2.05, 4.69) is 15.9 Å². The van der Waals surface area contributed by atoms with Crippen molar-refractivity contribution < 1.29 is 9.21 Å². The van der Waals surface area contributed by atoms with Crippen LogP contribution in [0.2, 0.25) is 0 Å². The summed E-state index contributed by atoms with van der Waals surface area (Å²) in [7, 11) is 1.90. The van der Waals surface area contributed by atoms with Crippen LogP contribution >= 0.6 is 15.9 Å². The van der Waals surface area contributed by atoms with Gasteiger partial charge in [0, 0.05) is 28.5 Å². The van der Waals surface area contributed by atoms with Crippen molar-refractivity contribution in [2.45, 2.75) is 45.1 Å². The second-order valence-electron chi connectivity index (χ2n) is 5.90. The van der Waals surface area contributed by atoms with Crippen LogP contribution in [0.3, 0.4) is 0 Å². The molecule has 0 aliphatic heterocycles. The average molecular weight is 350 g/mol. The van der Waals surface area contributed by atoms with Gasteiger partial charge in [-0.1, -0.05) is 35.2 Å². The minimum Gasteiger partial charge on any atom is -0.451 e. The SMILES string of the molecule is Cc1c(C(=O)N(C)C2CCCCC2)oc2ccc(Br)cc12. The maximum absolute atomic E-state index is 12.7. The van der Waals surface area contributed by atoms with Crippen LogP contribution in [0.15, 0.2) is 27.1 Å². The number of furan rings is 1. The molecule has 0 spiro atoms. The van der Waals surface area contributed by atoms with Crippen molar-refractivity contribution in [2.24, 2.45) is 0 Å². The van der Waals surface area contributed by atoms with E-state index in [0.29, 0.717) is 11.8 Å². The predicted octanol–water partition coefficient (Wildman–Crippen LogP) is 4.91. The number of nitrogens with zero attached hydrogens (tertiary/aromatic N) is 1. The third kappa shape index (κ3) is 2.73. The van der Waals surface area contributed by atoms with E-state index >= 15 is 0 Å². The van der Waals surface area contributed by atoms with Gasteiger partial charge in [-0.3, -0.25) is 4.79 Å². The van der Waals surface area contributed by atoms with E-state index in [1.807, 2.05) is 37.1 Å².